The summed E-state index contributed by atoms with van der Waals surface area (Å²) in [6.07, 6.45) is 2.95. The van der Waals surface area contributed by atoms with E-state index in [1.807, 2.05) is 24.3 Å². The van der Waals surface area contributed by atoms with Crippen LogP contribution >= 0.6 is 11.5 Å². The normalized spacial score (nSPS) is 15.8. The van der Waals surface area contributed by atoms with Crippen molar-refractivity contribution in [3.8, 4) is 17.0 Å². The molecule has 1 aromatic carbocycles. The summed E-state index contributed by atoms with van der Waals surface area (Å²) >= 11 is 1.43. The molecular weight excluding hydrogens is 324 g/mol. The third-order valence-electron chi connectivity index (χ3n) is 4.37. The Morgan fingerprint density at radius 3 is 2.62 bits per heavy atom. The zero-order chi connectivity index (χ0) is 16.5. The number of piperidine rings is 1. The molecule has 1 N–H and O–H groups in total. The Balaban J connectivity index is 1.73. The van der Waals surface area contributed by atoms with E-state index in [2.05, 4.69) is 19.2 Å². The van der Waals surface area contributed by atoms with Crippen LogP contribution in [-0.4, -0.2) is 45.8 Å². The fourth-order valence-corrected chi connectivity index (χ4v) is 3.87. The molecule has 0 atom stereocenters. The maximum Gasteiger partial charge on any atom is 0.151 e. The molecule has 7 heteroatoms. The highest BCUT2D eigenvalue weighted by atomic mass is 32.1. The van der Waals surface area contributed by atoms with Gasteiger partial charge in [-0.2, -0.15) is 4.37 Å². The molecule has 0 spiro atoms. The van der Waals surface area contributed by atoms with Crippen LogP contribution in [0.2, 0.25) is 0 Å². The van der Waals surface area contributed by atoms with Crippen LogP contribution in [0, 0.1) is 0 Å². The summed E-state index contributed by atoms with van der Waals surface area (Å²) in [6, 6.07) is 7.84. The molecule has 124 valence electrons. The van der Waals surface area contributed by atoms with Gasteiger partial charge in [0.25, 0.3) is 0 Å². The minimum atomic E-state index is -0.199. The van der Waals surface area contributed by atoms with Gasteiger partial charge < -0.3 is 14.7 Å². The van der Waals surface area contributed by atoms with E-state index in [1.54, 1.807) is 13.4 Å². The lowest BCUT2D eigenvalue weighted by molar-refractivity contribution is 0.145. The molecule has 2 aromatic heterocycles. The number of aromatic nitrogens is 3. The van der Waals surface area contributed by atoms with Crippen molar-refractivity contribution in [3.63, 3.8) is 0 Å². The van der Waals surface area contributed by atoms with Gasteiger partial charge in [0, 0.05) is 18.7 Å². The van der Waals surface area contributed by atoms with E-state index in [9.17, 15) is 5.11 Å². The minimum absolute atomic E-state index is 0.199. The second-order valence-corrected chi connectivity index (χ2v) is 6.63. The van der Waals surface area contributed by atoms with Gasteiger partial charge in [-0.05, 0) is 48.6 Å². The number of aliphatic hydroxyl groups is 1. The number of fused-ring (bicyclic) bond motifs is 1. The molecule has 0 unspecified atom stereocenters. The molecular formula is C17H18N4O2S. The Morgan fingerprint density at radius 2 is 1.92 bits per heavy atom. The summed E-state index contributed by atoms with van der Waals surface area (Å²) in [7, 11) is 1.66. The van der Waals surface area contributed by atoms with Crippen LogP contribution in [0.3, 0.4) is 0 Å². The van der Waals surface area contributed by atoms with Gasteiger partial charge in [0.1, 0.15) is 28.0 Å². The van der Waals surface area contributed by atoms with Crippen LogP contribution in [0.1, 0.15) is 12.8 Å². The first-order valence-electron chi connectivity index (χ1n) is 7.94. The van der Waals surface area contributed by atoms with Gasteiger partial charge in [-0.1, -0.05) is 0 Å². The summed E-state index contributed by atoms with van der Waals surface area (Å²) in [6.45, 7) is 1.62. The lowest BCUT2D eigenvalue weighted by Gasteiger charge is -2.30. The Morgan fingerprint density at radius 1 is 1.17 bits per heavy atom. The maximum absolute atomic E-state index is 9.70. The summed E-state index contributed by atoms with van der Waals surface area (Å²) in [5, 5.41) is 9.70. The molecule has 1 aliphatic rings. The topological polar surface area (TPSA) is 71.4 Å². The first-order chi connectivity index (χ1) is 11.8. The third kappa shape index (κ3) is 2.70. The van der Waals surface area contributed by atoms with Gasteiger partial charge in [0.15, 0.2) is 5.82 Å². The second kappa shape index (κ2) is 6.33. The van der Waals surface area contributed by atoms with E-state index in [4.69, 9.17) is 4.74 Å². The van der Waals surface area contributed by atoms with E-state index >= 15 is 0 Å². The van der Waals surface area contributed by atoms with Crippen LogP contribution in [0.4, 0.5) is 5.82 Å². The summed E-state index contributed by atoms with van der Waals surface area (Å²) in [5.74, 6) is 1.74. The smallest absolute Gasteiger partial charge is 0.151 e. The molecule has 1 aliphatic heterocycles. The fourth-order valence-electron chi connectivity index (χ4n) is 2.99. The number of ether oxygens (including phenoxy) is 1. The Kier molecular flexibility index (Phi) is 4.03. The number of benzene rings is 1. The van der Waals surface area contributed by atoms with Crippen LogP contribution in [0.5, 0.6) is 5.75 Å². The first kappa shape index (κ1) is 15.3. The molecule has 1 saturated heterocycles. The Hall–Kier alpha value is -2.25. The molecule has 3 heterocycles. The number of rotatable bonds is 3. The number of nitrogens with zero attached hydrogens (tertiary/aromatic N) is 4. The maximum atomic E-state index is 9.70. The molecule has 1 fully saturated rings. The lowest BCUT2D eigenvalue weighted by Crippen LogP contribution is -2.36. The average molecular weight is 342 g/mol. The molecule has 6 nitrogen and oxygen atoms in total. The van der Waals surface area contributed by atoms with Gasteiger partial charge in [-0.3, -0.25) is 0 Å². The molecule has 0 saturated carbocycles. The largest absolute Gasteiger partial charge is 0.497 e. The van der Waals surface area contributed by atoms with Gasteiger partial charge in [-0.25, -0.2) is 9.97 Å². The molecule has 4 rings (SSSR count). The van der Waals surface area contributed by atoms with Crippen molar-refractivity contribution in [1.29, 1.82) is 0 Å². The average Bonchev–Trinajstić information content (AvgIpc) is 3.07. The van der Waals surface area contributed by atoms with Crippen molar-refractivity contribution >= 4 is 27.6 Å². The van der Waals surface area contributed by atoms with Crippen molar-refractivity contribution < 1.29 is 9.84 Å². The predicted octanol–water partition coefficient (Wildman–Crippen LogP) is 2.72. The van der Waals surface area contributed by atoms with Gasteiger partial charge in [0.2, 0.25) is 0 Å². The van der Waals surface area contributed by atoms with E-state index in [-0.39, 0.29) is 6.10 Å². The Labute approximate surface area is 143 Å². The Bertz CT molecular complexity index is 841. The molecule has 0 bridgehead atoms. The summed E-state index contributed by atoms with van der Waals surface area (Å²) in [4.78, 5) is 11.1. The summed E-state index contributed by atoms with van der Waals surface area (Å²) in [5.41, 5.74) is 2.76. The zero-order valence-corrected chi connectivity index (χ0v) is 14.2. The molecule has 0 aliphatic carbocycles. The van der Waals surface area contributed by atoms with Crippen LogP contribution in [-0.2, 0) is 0 Å². The van der Waals surface area contributed by atoms with Crippen molar-refractivity contribution in [2.24, 2.45) is 0 Å². The lowest BCUT2D eigenvalue weighted by atomic mass is 10.1. The van der Waals surface area contributed by atoms with Crippen molar-refractivity contribution in [1.82, 2.24) is 14.3 Å². The molecule has 3 aromatic rings. The third-order valence-corrected chi connectivity index (χ3v) is 5.20. The number of methoxy groups -OCH3 is 1. The predicted molar refractivity (Wildman–Crippen MR) is 94.7 cm³/mol. The number of anilines is 1. The van der Waals surface area contributed by atoms with E-state index in [1.165, 1.54) is 11.5 Å². The highest BCUT2D eigenvalue weighted by molar-refractivity contribution is 7.14. The van der Waals surface area contributed by atoms with E-state index in [0.717, 1.165) is 59.0 Å². The van der Waals surface area contributed by atoms with Crippen molar-refractivity contribution in [3.05, 3.63) is 30.6 Å². The highest BCUT2D eigenvalue weighted by Gasteiger charge is 2.22. The van der Waals surface area contributed by atoms with Crippen LogP contribution < -0.4 is 9.64 Å². The number of hydrogen-bond donors (Lipinski definition) is 1. The first-order valence-corrected chi connectivity index (χ1v) is 8.71. The van der Waals surface area contributed by atoms with Gasteiger partial charge >= 0.3 is 0 Å². The van der Waals surface area contributed by atoms with E-state index < -0.39 is 0 Å². The van der Waals surface area contributed by atoms with Crippen molar-refractivity contribution in [2.45, 2.75) is 18.9 Å². The van der Waals surface area contributed by atoms with Crippen molar-refractivity contribution in [2.75, 3.05) is 25.1 Å². The standard InChI is InChI=1S/C17H18N4O2S/c1-23-13-4-2-11(3-5-13)14-15-16(24-20-14)17(19-10-18-15)21-8-6-12(22)7-9-21/h2-5,10,12,22H,6-9H2,1H3. The van der Waals surface area contributed by atoms with Crippen LogP contribution in [0.25, 0.3) is 21.5 Å². The van der Waals surface area contributed by atoms with Gasteiger partial charge in [-0.15, -0.1) is 0 Å². The molecule has 24 heavy (non-hydrogen) atoms. The number of aliphatic hydroxyl groups excluding tert-OH is 1. The van der Waals surface area contributed by atoms with Gasteiger partial charge in [0.05, 0.1) is 13.2 Å². The fraction of sp³-hybridized carbons (Fsp3) is 0.353. The number of hydrogen-bond acceptors (Lipinski definition) is 7. The zero-order valence-electron chi connectivity index (χ0n) is 13.3. The minimum Gasteiger partial charge on any atom is -0.497 e. The summed E-state index contributed by atoms with van der Waals surface area (Å²) < 4.78 is 10.8. The SMILES string of the molecule is COc1ccc(-c2nsc3c(N4CCC(O)CC4)ncnc23)cc1. The quantitative estimate of drug-likeness (QED) is 0.789. The monoisotopic (exact) mass is 342 g/mol. The molecule has 0 amide bonds. The van der Waals surface area contributed by atoms with Crippen LogP contribution in [0.15, 0.2) is 30.6 Å². The highest BCUT2D eigenvalue weighted by Crippen LogP contribution is 2.35. The molecule has 0 radical (unpaired) electrons. The van der Waals surface area contributed by atoms with E-state index in [0.29, 0.717) is 0 Å². The second-order valence-electron chi connectivity index (χ2n) is 5.85.